The van der Waals surface area contributed by atoms with E-state index in [1.54, 1.807) is 0 Å². The van der Waals surface area contributed by atoms with Crippen LogP contribution in [0.5, 0.6) is 5.75 Å². The van der Waals surface area contributed by atoms with Gasteiger partial charge in [0.25, 0.3) is 0 Å². The van der Waals surface area contributed by atoms with Gasteiger partial charge in [-0.15, -0.1) is 0 Å². The van der Waals surface area contributed by atoms with Gasteiger partial charge >= 0.3 is 0 Å². The molecule has 4 aromatic carbocycles. The predicted octanol–water partition coefficient (Wildman–Crippen LogP) is 7.09. The van der Waals surface area contributed by atoms with E-state index in [0.29, 0.717) is 24.5 Å². The Balaban J connectivity index is 1.18. The topological polar surface area (TPSA) is 41.6 Å². The van der Waals surface area contributed by atoms with E-state index in [2.05, 4.69) is 41.5 Å². The molecule has 0 aromatic heterocycles. The summed E-state index contributed by atoms with van der Waals surface area (Å²) in [5.41, 5.74) is 5.37. The molecule has 0 bridgehead atoms. The summed E-state index contributed by atoms with van der Waals surface area (Å²) in [7, 11) is 2.09. The summed E-state index contributed by atoms with van der Waals surface area (Å²) >= 11 is 5.96. The minimum absolute atomic E-state index is 0.0106. The van der Waals surface area contributed by atoms with Gasteiger partial charge in [-0.3, -0.25) is 9.69 Å². The molecular formula is C31H31ClN2O2. The average Bonchev–Trinajstić information content (AvgIpc) is 2.90. The van der Waals surface area contributed by atoms with Gasteiger partial charge in [0.15, 0.2) is 0 Å². The van der Waals surface area contributed by atoms with Gasteiger partial charge in [0.05, 0.1) is 0 Å². The van der Waals surface area contributed by atoms with Crippen LogP contribution in [-0.4, -0.2) is 31.0 Å². The van der Waals surface area contributed by atoms with Gasteiger partial charge in [-0.05, 0) is 72.1 Å². The molecule has 36 heavy (non-hydrogen) atoms. The van der Waals surface area contributed by atoms with Crippen molar-refractivity contribution in [3.63, 3.8) is 0 Å². The van der Waals surface area contributed by atoms with E-state index in [1.165, 1.54) is 5.56 Å². The van der Waals surface area contributed by atoms with Gasteiger partial charge in [-0.2, -0.15) is 0 Å². The highest BCUT2D eigenvalue weighted by Crippen LogP contribution is 2.23. The Morgan fingerprint density at radius 3 is 2.08 bits per heavy atom. The van der Waals surface area contributed by atoms with E-state index in [9.17, 15) is 4.79 Å². The molecule has 0 aliphatic carbocycles. The Labute approximate surface area is 218 Å². The van der Waals surface area contributed by atoms with Crippen molar-refractivity contribution in [3.05, 3.63) is 119 Å². The largest absolute Gasteiger partial charge is 0.492 e. The van der Waals surface area contributed by atoms with Gasteiger partial charge in [0.2, 0.25) is 5.91 Å². The second kappa shape index (κ2) is 12.9. The van der Waals surface area contributed by atoms with Gasteiger partial charge < -0.3 is 10.1 Å². The number of halogens is 1. The van der Waals surface area contributed by atoms with Gasteiger partial charge in [0, 0.05) is 30.2 Å². The van der Waals surface area contributed by atoms with Gasteiger partial charge in [-0.25, -0.2) is 0 Å². The molecular weight excluding hydrogens is 468 g/mol. The third kappa shape index (κ3) is 7.98. The van der Waals surface area contributed by atoms with E-state index >= 15 is 0 Å². The fourth-order valence-corrected chi connectivity index (χ4v) is 4.03. The number of nitrogens with one attached hydrogen (secondary N) is 1. The maximum absolute atomic E-state index is 12.4. The lowest BCUT2D eigenvalue weighted by Crippen LogP contribution is -2.23. The highest BCUT2D eigenvalue weighted by Gasteiger charge is 2.06. The van der Waals surface area contributed by atoms with Crippen molar-refractivity contribution in [3.8, 4) is 16.9 Å². The minimum atomic E-state index is 0.0106. The Morgan fingerprint density at radius 1 is 0.806 bits per heavy atom. The van der Waals surface area contributed by atoms with Crippen molar-refractivity contribution in [2.75, 3.05) is 25.5 Å². The van der Waals surface area contributed by atoms with E-state index in [4.69, 9.17) is 16.3 Å². The molecule has 0 spiro atoms. The fourth-order valence-electron chi connectivity index (χ4n) is 3.91. The molecule has 0 unspecified atom stereocenters. The zero-order chi connectivity index (χ0) is 25.2. The quantitative estimate of drug-likeness (QED) is 0.240. The summed E-state index contributed by atoms with van der Waals surface area (Å²) in [6.45, 7) is 2.35. The lowest BCUT2D eigenvalue weighted by molar-refractivity contribution is -0.116. The minimum Gasteiger partial charge on any atom is -0.492 e. The molecule has 4 aromatic rings. The first-order valence-electron chi connectivity index (χ1n) is 12.2. The number of aryl methyl sites for hydroxylation is 1. The van der Waals surface area contributed by atoms with Crippen LogP contribution in [0.25, 0.3) is 11.1 Å². The molecule has 0 saturated carbocycles. The highest BCUT2D eigenvalue weighted by atomic mass is 35.5. The van der Waals surface area contributed by atoms with Gasteiger partial charge in [-0.1, -0.05) is 78.3 Å². The zero-order valence-electron chi connectivity index (χ0n) is 20.5. The highest BCUT2D eigenvalue weighted by molar-refractivity contribution is 6.30. The number of anilines is 1. The van der Waals surface area contributed by atoms with E-state index in [0.717, 1.165) is 41.2 Å². The molecule has 4 rings (SSSR count). The molecule has 0 aliphatic heterocycles. The average molecular weight is 499 g/mol. The van der Waals surface area contributed by atoms with Crippen LogP contribution in [0, 0.1) is 0 Å². The molecule has 1 N–H and O–H groups in total. The number of nitrogens with zero attached hydrogens (tertiary/aromatic N) is 1. The van der Waals surface area contributed by atoms with Crippen LogP contribution in [0.15, 0.2) is 103 Å². The lowest BCUT2D eigenvalue weighted by Gasteiger charge is -2.17. The summed E-state index contributed by atoms with van der Waals surface area (Å²) in [4.78, 5) is 14.7. The Bertz CT molecular complexity index is 1220. The van der Waals surface area contributed by atoms with E-state index < -0.39 is 0 Å². The van der Waals surface area contributed by atoms with E-state index in [-0.39, 0.29) is 5.91 Å². The number of benzene rings is 4. The molecule has 0 saturated heterocycles. The number of carbonyl (C=O) groups is 1. The van der Waals surface area contributed by atoms with Crippen LogP contribution in [0.1, 0.15) is 17.5 Å². The molecule has 0 atom stereocenters. The Morgan fingerprint density at radius 2 is 1.42 bits per heavy atom. The van der Waals surface area contributed by atoms with Crippen LogP contribution in [0.3, 0.4) is 0 Å². The van der Waals surface area contributed by atoms with Crippen molar-refractivity contribution in [1.29, 1.82) is 0 Å². The first-order valence-corrected chi connectivity index (χ1v) is 12.5. The summed E-state index contributed by atoms with van der Waals surface area (Å²) in [5.74, 6) is 0.908. The molecule has 0 heterocycles. The van der Waals surface area contributed by atoms with Crippen molar-refractivity contribution >= 4 is 23.2 Å². The van der Waals surface area contributed by atoms with Crippen LogP contribution in [0.4, 0.5) is 5.69 Å². The molecule has 184 valence electrons. The third-order valence-corrected chi connectivity index (χ3v) is 6.20. The maximum Gasteiger partial charge on any atom is 0.224 e. The predicted molar refractivity (Wildman–Crippen MR) is 149 cm³/mol. The zero-order valence-corrected chi connectivity index (χ0v) is 21.2. The van der Waals surface area contributed by atoms with Crippen LogP contribution >= 0.6 is 11.6 Å². The number of hydrogen-bond acceptors (Lipinski definition) is 3. The monoisotopic (exact) mass is 498 g/mol. The standard InChI is InChI=1S/C31H31ClN2O2/c1-34(21-22-36-30-5-3-2-4-6-30)23-25-9-7-24(8-10-25)11-20-31(35)33-29-18-14-27(15-19-29)26-12-16-28(32)17-13-26/h2-10,12-19H,11,20-23H2,1H3,(H,33,35). The molecule has 5 heteroatoms. The number of ether oxygens (including phenoxy) is 1. The number of rotatable bonds is 11. The Kier molecular flexibility index (Phi) is 9.15. The molecule has 0 fully saturated rings. The first kappa shape index (κ1) is 25.5. The number of carbonyl (C=O) groups excluding carboxylic acids is 1. The number of amides is 1. The molecule has 1 amide bonds. The van der Waals surface area contributed by atoms with Crippen LogP contribution in [-0.2, 0) is 17.8 Å². The van der Waals surface area contributed by atoms with Crippen molar-refractivity contribution < 1.29 is 9.53 Å². The van der Waals surface area contributed by atoms with E-state index in [1.807, 2.05) is 78.9 Å². The third-order valence-electron chi connectivity index (χ3n) is 5.95. The molecule has 4 nitrogen and oxygen atoms in total. The fraction of sp³-hybridized carbons (Fsp3) is 0.194. The number of likely N-dealkylation sites (N-methyl/N-ethyl adjacent to an activating group) is 1. The summed E-state index contributed by atoms with van der Waals surface area (Å²) in [6.07, 6.45) is 1.14. The smallest absolute Gasteiger partial charge is 0.224 e. The molecule has 0 aliphatic rings. The van der Waals surface area contributed by atoms with Crippen molar-refractivity contribution in [2.24, 2.45) is 0 Å². The van der Waals surface area contributed by atoms with Crippen molar-refractivity contribution in [2.45, 2.75) is 19.4 Å². The lowest BCUT2D eigenvalue weighted by atomic mass is 10.1. The van der Waals surface area contributed by atoms with Gasteiger partial charge in [0.1, 0.15) is 12.4 Å². The maximum atomic E-state index is 12.4. The van der Waals surface area contributed by atoms with Crippen LogP contribution in [0.2, 0.25) is 5.02 Å². The molecule has 0 radical (unpaired) electrons. The first-order chi connectivity index (χ1) is 17.5. The van der Waals surface area contributed by atoms with Crippen molar-refractivity contribution in [1.82, 2.24) is 4.90 Å². The Hall–Kier alpha value is -3.60. The summed E-state index contributed by atoms with van der Waals surface area (Å²) in [5, 5.41) is 3.71. The second-order valence-corrected chi connectivity index (χ2v) is 9.28. The number of hydrogen-bond donors (Lipinski definition) is 1. The SMILES string of the molecule is CN(CCOc1ccccc1)Cc1ccc(CCC(=O)Nc2ccc(-c3ccc(Cl)cc3)cc2)cc1. The normalized spacial score (nSPS) is 10.9. The number of para-hydroxylation sites is 1. The second-order valence-electron chi connectivity index (χ2n) is 8.85. The van der Waals surface area contributed by atoms with Crippen LogP contribution < -0.4 is 10.1 Å². The summed E-state index contributed by atoms with van der Waals surface area (Å²) in [6, 6.07) is 33.9. The summed E-state index contributed by atoms with van der Waals surface area (Å²) < 4.78 is 5.78.